The minimum Gasteiger partial charge on any atom is -0.497 e. The zero-order chi connectivity index (χ0) is 14.4. The Balaban J connectivity index is 1.76. The fraction of sp³-hybridized carbons (Fsp3) is 0.471. The van der Waals surface area contributed by atoms with Crippen LogP contribution in [-0.4, -0.2) is 12.3 Å². The number of nitrogens with two attached hydrogens (primary N) is 1. The van der Waals surface area contributed by atoms with Gasteiger partial charge in [-0.1, -0.05) is 23.7 Å². The molecule has 1 aromatic carbocycles. The van der Waals surface area contributed by atoms with Crippen LogP contribution in [0.15, 0.2) is 28.8 Å². The van der Waals surface area contributed by atoms with Gasteiger partial charge in [0.15, 0.2) is 0 Å². The van der Waals surface area contributed by atoms with Gasteiger partial charge in [-0.25, -0.2) is 0 Å². The summed E-state index contributed by atoms with van der Waals surface area (Å²) in [5, 5.41) is 4.31. The van der Waals surface area contributed by atoms with E-state index in [1.807, 2.05) is 24.3 Å². The van der Waals surface area contributed by atoms with Crippen molar-refractivity contribution < 1.29 is 9.26 Å². The summed E-state index contributed by atoms with van der Waals surface area (Å²) in [5.74, 6) is 3.37. The molecule has 4 heteroatoms. The van der Waals surface area contributed by atoms with Crippen LogP contribution in [0.5, 0.6) is 5.75 Å². The number of methoxy groups -OCH3 is 1. The van der Waals surface area contributed by atoms with Crippen molar-refractivity contribution in [3.63, 3.8) is 0 Å². The van der Waals surface area contributed by atoms with Gasteiger partial charge in [0.05, 0.1) is 18.4 Å². The smallest absolute Gasteiger partial charge is 0.230 e. The molecular formula is C17H20N2O2. The van der Waals surface area contributed by atoms with Crippen LogP contribution in [-0.2, 0) is 0 Å². The third kappa shape index (κ3) is 2.01. The molecule has 0 amide bonds. The Morgan fingerprint density at radius 1 is 1.29 bits per heavy atom. The number of nitrogen functional groups attached to an aromatic ring is 1. The van der Waals surface area contributed by atoms with Gasteiger partial charge in [-0.3, -0.25) is 0 Å². The lowest BCUT2D eigenvalue weighted by Crippen LogP contribution is -2.10. The lowest BCUT2D eigenvalue weighted by atomic mass is 9.84. The molecule has 2 saturated carbocycles. The van der Waals surface area contributed by atoms with Gasteiger partial charge in [-0.15, -0.1) is 0 Å². The Morgan fingerprint density at radius 3 is 2.90 bits per heavy atom. The Morgan fingerprint density at radius 2 is 2.19 bits per heavy atom. The topological polar surface area (TPSA) is 61.3 Å². The van der Waals surface area contributed by atoms with Crippen LogP contribution >= 0.6 is 0 Å². The number of ether oxygens (including phenoxy) is 1. The summed E-state index contributed by atoms with van der Waals surface area (Å²) < 4.78 is 10.6. The van der Waals surface area contributed by atoms with Crippen LogP contribution in [0.25, 0.3) is 11.1 Å². The molecule has 3 atom stereocenters. The summed E-state index contributed by atoms with van der Waals surface area (Å²) in [4.78, 5) is 0. The van der Waals surface area contributed by atoms with Gasteiger partial charge in [0.2, 0.25) is 5.88 Å². The first kappa shape index (κ1) is 12.7. The molecule has 2 aromatic rings. The summed E-state index contributed by atoms with van der Waals surface area (Å²) in [6.07, 6.45) is 5.27. The van der Waals surface area contributed by atoms with E-state index in [1.54, 1.807) is 7.11 Å². The van der Waals surface area contributed by atoms with Gasteiger partial charge in [0, 0.05) is 5.92 Å². The van der Waals surface area contributed by atoms with E-state index in [0.29, 0.717) is 11.8 Å². The number of hydrogen-bond donors (Lipinski definition) is 1. The van der Waals surface area contributed by atoms with Gasteiger partial charge in [-0.05, 0) is 48.8 Å². The van der Waals surface area contributed by atoms with Gasteiger partial charge in [-0.2, -0.15) is 0 Å². The maximum Gasteiger partial charge on any atom is 0.230 e. The van der Waals surface area contributed by atoms with Crippen LogP contribution in [0.3, 0.4) is 0 Å². The minimum absolute atomic E-state index is 0.418. The molecule has 2 aliphatic carbocycles. The van der Waals surface area contributed by atoms with Gasteiger partial charge in [0.1, 0.15) is 5.75 Å². The number of aromatic nitrogens is 1. The monoisotopic (exact) mass is 284 g/mol. The third-order valence-corrected chi connectivity index (χ3v) is 5.19. The van der Waals surface area contributed by atoms with Crippen molar-refractivity contribution in [1.82, 2.24) is 5.16 Å². The van der Waals surface area contributed by atoms with Crippen molar-refractivity contribution in [2.24, 2.45) is 11.8 Å². The first-order valence-electron chi connectivity index (χ1n) is 7.65. The van der Waals surface area contributed by atoms with Crippen molar-refractivity contribution in [3.8, 4) is 16.9 Å². The first-order chi connectivity index (χ1) is 10.3. The van der Waals surface area contributed by atoms with Crippen molar-refractivity contribution in [2.75, 3.05) is 12.8 Å². The molecule has 2 bridgehead atoms. The highest BCUT2D eigenvalue weighted by atomic mass is 16.5. The molecule has 2 fully saturated rings. The number of hydrogen-bond acceptors (Lipinski definition) is 4. The maximum absolute atomic E-state index is 6.06. The van der Waals surface area contributed by atoms with Crippen molar-refractivity contribution in [3.05, 3.63) is 30.0 Å². The van der Waals surface area contributed by atoms with Crippen LogP contribution < -0.4 is 10.5 Å². The second-order valence-corrected chi connectivity index (χ2v) is 6.32. The van der Waals surface area contributed by atoms with E-state index in [0.717, 1.165) is 34.4 Å². The average Bonchev–Trinajstić information content (AvgIpc) is 3.22. The normalized spacial score (nSPS) is 27.2. The summed E-state index contributed by atoms with van der Waals surface area (Å²) in [7, 11) is 1.67. The summed E-state index contributed by atoms with van der Waals surface area (Å²) >= 11 is 0. The van der Waals surface area contributed by atoms with Crippen LogP contribution in [0.2, 0.25) is 0 Å². The van der Waals surface area contributed by atoms with Crippen molar-refractivity contribution in [2.45, 2.75) is 31.6 Å². The molecular weight excluding hydrogens is 264 g/mol. The molecule has 3 unspecified atom stereocenters. The number of anilines is 1. The molecule has 1 aromatic heterocycles. The van der Waals surface area contributed by atoms with E-state index in [1.165, 1.54) is 25.7 Å². The average molecular weight is 284 g/mol. The zero-order valence-corrected chi connectivity index (χ0v) is 12.2. The van der Waals surface area contributed by atoms with E-state index in [2.05, 4.69) is 5.16 Å². The third-order valence-electron chi connectivity index (χ3n) is 5.19. The van der Waals surface area contributed by atoms with Gasteiger partial charge >= 0.3 is 0 Å². The number of rotatable bonds is 3. The highest BCUT2D eigenvalue weighted by molar-refractivity contribution is 5.76. The minimum atomic E-state index is 0.418. The second-order valence-electron chi connectivity index (χ2n) is 6.32. The van der Waals surface area contributed by atoms with E-state index in [-0.39, 0.29) is 0 Å². The molecule has 21 heavy (non-hydrogen) atoms. The van der Waals surface area contributed by atoms with Crippen molar-refractivity contribution >= 4 is 5.88 Å². The Kier molecular flexibility index (Phi) is 2.91. The van der Waals surface area contributed by atoms with Gasteiger partial charge in [0.25, 0.3) is 0 Å². The molecule has 4 nitrogen and oxygen atoms in total. The molecule has 0 saturated heterocycles. The number of fused-ring (bicyclic) bond motifs is 2. The second kappa shape index (κ2) is 4.79. The zero-order valence-electron chi connectivity index (χ0n) is 12.2. The fourth-order valence-electron chi connectivity index (χ4n) is 4.22. The van der Waals surface area contributed by atoms with Crippen LogP contribution in [0, 0.1) is 11.8 Å². The molecule has 1 heterocycles. The summed E-state index contributed by atoms with van der Waals surface area (Å²) in [6.45, 7) is 0. The van der Waals surface area contributed by atoms with Gasteiger partial charge < -0.3 is 15.0 Å². The SMILES string of the molecule is COc1cccc(-c2c(C3CC4CCC3C4)noc2N)c1. The predicted molar refractivity (Wildman–Crippen MR) is 81.1 cm³/mol. The Labute approximate surface area is 124 Å². The van der Waals surface area contributed by atoms with Crippen molar-refractivity contribution in [1.29, 1.82) is 0 Å². The molecule has 0 radical (unpaired) electrons. The maximum atomic E-state index is 6.06. The molecule has 4 rings (SSSR count). The van der Waals surface area contributed by atoms with E-state index in [4.69, 9.17) is 15.0 Å². The Hall–Kier alpha value is -1.97. The molecule has 0 aliphatic heterocycles. The molecule has 0 spiro atoms. The highest BCUT2D eigenvalue weighted by Gasteiger charge is 2.43. The summed E-state index contributed by atoms with van der Waals surface area (Å²) in [6, 6.07) is 7.96. The highest BCUT2D eigenvalue weighted by Crippen LogP contribution is 2.54. The summed E-state index contributed by atoms with van der Waals surface area (Å²) in [5.41, 5.74) is 9.11. The number of benzene rings is 1. The fourth-order valence-corrected chi connectivity index (χ4v) is 4.22. The molecule has 2 aliphatic rings. The Bertz CT molecular complexity index is 665. The van der Waals surface area contributed by atoms with E-state index >= 15 is 0 Å². The predicted octanol–water partition coefficient (Wildman–Crippen LogP) is 3.84. The molecule has 2 N–H and O–H groups in total. The first-order valence-corrected chi connectivity index (χ1v) is 7.65. The lowest BCUT2D eigenvalue weighted by Gasteiger charge is -2.20. The largest absolute Gasteiger partial charge is 0.497 e. The van der Waals surface area contributed by atoms with Crippen LogP contribution in [0.1, 0.15) is 37.3 Å². The van der Waals surface area contributed by atoms with E-state index < -0.39 is 0 Å². The van der Waals surface area contributed by atoms with Crippen LogP contribution in [0.4, 0.5) is 5.88 Å². The standard InChI is InChI=1S/C17H20N2O2/c1-20-13-4-2-3-12(9-13)15-16(19-21-17(15)18)14-8-10-5-6-11(14)7-10/h2-4,9-11,14H,5-8,18H2,1H3. The van der Waals surface area contributed by atoms with E-state index in [9.17, 15) is 0 Å². The quantitative estimate of drug-likeness (QED) is 0.930. The molecule has 110 valence electrons. The number of nitrogens with zero attached hydrogens (tertiary/aromatic N) is 1. The lowest BCUT2D eigenvalue weighted by molar-refractivity contribution is 0.375.